The minimum Gasteiger partial charge on any atom is -0.373 e. The van der Waals surface area contributed by atoms with Gasteiger partial charge in [0.25, 0.3) is 0 Å². The molecule has 3 aromatic rings. The lowest BCUT2D eigenvalue weighted by atomic mass is 9.99. The third-order valence-corrected chi connectivity index (χ3v) is 5.48. The van der Waals surface area contributed by atoms with Gasteiger partial charge in [0, 0.05) is 31.4 Å². The number of fused-ring (bicyclic) bond motifs is 1. The van der Waals surface area contributed by atoms with E-state index in [0.29, 0.717) is 0 Å². The van der Waals surface area contributed by atoms with Crippen LogP contribution in [0.1, 0.15) is 24.1 Å². The second-order valence-electron chi connectivity index (χ2n) is 7.47. The summed E-state index contributed by atoms with van der Waals surface area (Å²) in [6.45, 7) is 7.89. The number of morpholine rings is 1. The molecule has 3 aromatic carbocycles. The Labute approximate surface area is 162 Å². The molecule has 3 nitrogen and oxygen atoms in total. The van der Waals surface area contributed by atoms with E-state index < -0.39 is 0 Å². The van der Waals surface area contributed by atoms with Crippen LogP contribution in [0.15, 0.2) is 66.7 Å². The normalized spacial score (nSPS) is 18.6. The summed E-state index contributed by atoms with van der Waals surface area (Å²) < 4.78 is 6.02. The lowest BCUT2D eigenvalue weighted by Gasteiger charge is -2.35. The van der Waals surface area contributed by atoms with Crippen LogP contribution in [0.4, 0.5) is 5.69 Å². The first-order chi connectivity index (χ1) is 13.2. The van der Waals surface area contributed by atoms with Gasteiger partial charge in [-0.1, -0.05) is 60.2 Å². The van der Waals surface area contributed by atoms with E-state index in [-0.39, 0.29) is 12.1 Å². The van der Waals surface area contributed by atoms with Gasteiger partial charge in [-0.3, -0.25) is 0 Å². The van der Waals surface area contributed by atoms with E-state index in [9.17, 15) is 0 Å². The van der Waals surface area contributed by atoms with Crippen LogP contribution in [0.25, 0.3) is 10.8 Å². The molecule has 0 amide bonds. The predicted octanol–water partition coefficient (Wildman–Crippen LogP) is 4.70. The zero-order valence-electron chi connectivity index (χ0n) is 16.2. The summed E-state index contributed by atoms with van der Waals surface area (Å²) in [5.74, 6) is 0. The number of hydrogen-bond donors (Lipinski definition) is 1. The molecule has 1 N–H and O–H groups in total. The lowest BCUT2D eigenvalue weighted by Crippen LogP contribution is -2.47. The Balaban J connectivity index is 1.39. The van der Waals surface area contributed by atoms with Crippen molar-refractivity contribution in [2.75, 3.05) is 31.1 Å². The summed E-state index contributed by atoms with van der Waals surface area (Å²) in [4.78, 5) is 2.43. The van der Waals surface area contributed by atoms with E-state index in [4.69, 9.17) is 4.74 Å². The molecule has 3 heteroatoms. The number of ether oxygens (including phenoxy) is 1. The van der Waals surface area contributed by atoms with Crippen LogP contribution in [0, 0.1) is 6.92 Å². The van der Waals surface area contributed by atoms with Gasteiger partial charge in [0.1, 0.15) is 0 Å². The summed E-state index contributed by atoms with van der Waals surface area (Å²) in [7, 11) is 0. The van der Waals surface area contributed by atoms with Crippen LogP contribution in [0.2, 0.25) is 0 Å². The van der Waals surface area contributed by atoms with Crippen molar-refractivity contribution in [1.82, 2.24) is 5.32 Å². The highest BCUT2D eigenvalue weighted by atomic mass is 16.5. The standard InChI is InChI=1S/C24H28N2O/c1-18-10-12-21(13-11-18)26-14-15-27-22(17-26)16-25-19(2)23-9-5-7-20-6-3-4-8-24(20)23/h3-13,19,22,25H,14-17H2,1-2H3/t19-,22?/m1/s1. The summed E-state index contributed by atoms with van der Waals surface area (Å²) in [6.07, 6.45) is 0.206. The van der Waals surface area contributed by atoms with Gasteiger partial charge in [0.2, 0.25) is 0 Å². The summed E-state index contributed by atoms with van der Waals surface area (Å²) in [5.41, 5.74) is 3.93. The van der Waals surface area contributed by atoms with E-state index in [1.807, 2.05) is 0 Å². The van der Waals surface area contributed by atoms with Crippen LogP contribution >= 0.6 is 0 Å². The SMILES string of the molecule is Cc1ccc(N2CCOC(CN[C@H](C)c3cccc4ccccc34)C2)cc1. The summed E-state index contributed by atoms with van der Waals surface area (Å²) >= 11 is 0. The van der Waals surface area contributed by atoms with Gasteiger partial charge >= 0.3 is 0 Å². The van der Waals surface area contributed by atoms with Gasteiger partial charge in [-0.2, -0.15) is 0 Å². The second-order valence-corrected chi connectivity index (χ2v) is 7.47. The Morgan fingerprint density at radius 3 is 2.67 bits per heavy atom. The largest absolute Gasteiger partial charge is 0.373 e. The van der Waals surface area contributed by atoms with Crippen LogP contribution in [0.5, 0.6) is 0 Å². The van der Waals surface area contributed by atoms with Crippen molar-refractivity contribution in [3.05, 3.63) is 77.9 Å². The molecule has 27 heavy (non-hydrogen) atoms. The highest BCUT2D eigenvalue weighted by molar-refractivity contribution is 5.86. The molecule has 0 radical (unpaired) electrons. The van der Waals surface area contributed by atoms with Gasteiger partial charge in [0.05, 0.1) is 12.7 Å². The number of benzene rings is 3. The van der Waals surface area contributed by atoms with Crippen LogP contribution < -0.4 is 10.2 Å². The third-order valence-electron chi connectivity index (χ3n) is 5.48. The smallest absolute Gasteiger partial charge is 0.0875 e. The molecule has 1 heterocycles. The van der Waals surface area contributed by atoms with Crippen molar-refractivity contribution < 1.29 is 4.74 Å². The zero-order chi connectivity index (χ0) is 18.6. The number of nitrogens with one attached hydrogen (secondary N) is 1. The number of rotatable bonds is 5. The number of nitrogens with zero attached hydrogens (tertiary/aromatic N) is 1. The van der Waals surface area contributed by atoms with E-state index in [1.54, 1.807) is 0 Å². The Kier molecular flexibility index (Phi) is 5.42. The highest BCUT2D eigenvalue weighted by Crippen LogP contribution is 2.24. The average Bonchev–Trinajstić information content (AvgIpc) is 2.72. The molecule has 0 spiro atoms. The molecule has 0 aliphatic carbocycles. The minimum atomic E-state index is 0.206. The van der Waals surface area contributed by atoms with Crippen molar-refractivity contribution in [3.63, 3.8) is 0 Å². The number of aryl methyl sites for hydroxylation is 1. The molecule has 0 aromatic heterocycles. The van der Waals surface area contributed by atoms with Crippen molar-refractivity contribution in [2.24, 2.45) is 0 Å². The van der Waals surface area contributed by atoms with E-state index in [2.05, 4.69) is 90.8 Å². The third kappa shape index (κ3) is 4.15. The molecule has 1 aliphatic rings. The monoisotopic (exact) mass is 360 g/mol. The maximum Gasteiger partial charge on any atom is 0.0875 e. The van der Waals surface area contributed by atoms with Gasteiger partial charge in [-0.05, 0) is 42.3 Å². The van der Waals surface area contributed by atoms with Crippen molar-refractivity contribution in [3.8, 4) is 0 Å². The molecule has 1 aliphatic heterocycles. The minimum absolute atomic E-state index is 0.206. The zero-order valence-corrected chi connectivity index (χ0v) is 16.2. The lowest BCUT2D eigenvalue weighted by molar-refractivity contribution is 0.0395. The van der Waals surface area contributed by atoms with Crippen LogP contribution in [0.3, 0.4) is 0 Å². The fourth-order valence-corrected chi connectivity index (χ4v) is 3.88. The Bertz CT molecular complexity index is 885. The van der Waals surface area contributed by atoms with Crippen molar-refractivity contribution in [2.45, 2.75) is 26.0 Å². The van der Waals surface area contributed by atoms with Crippen molar-refractivity contribution in [1.29, 1.82) is 0 Å². The second kappa shape index (κ2) is 8.12. The topological polar surface area (TPSA) is 24.5 Å². The number of anilines is 1. The summed E-state index contributed by atoms with van der Waals surface area (Å²) in [6, 6.07) is 24.2. The molecule has 0 bridgehead atoms. The van der Waals surface area contributed by atoms with E-state index in [0.717, 1.165) is 26.2 Å². The molecule has 0 saturated carbocycles. The Morgan fingerprint density at radius 2 is 1.81 bits per heavy atom. The molecular weight excluding hydrogens is 332 g/mol. The van der Waals surface area contributed by atoms with Gasteiger partial charge in [-0.25, -0.2) is 0 Å². The quantitative estimate of drug-likeness (QED) is 0.713. The van der Waals surface area contributed by atoms with Crippen molar-refractivity contribution >= 4 is 16.5 Å². The van der Waals surface area contributed by atoms with Crippen LogP contribution in [-0.4, -0.2) is 32.3 Å². The fraction of sp³-hybridized carbons (Fsp3) is 0.333. The van der Waals surface area contributed by atoms with Gasteiger partial charge in [-0.15, -0.1) is 0 Å². The Hall–Kier alpha value is -2.36. The maximum atomic E-state index is 6.02. The predicted molar refractivity (Wildman–Crippen MR) is 113 cm³/mol. The first-order valence-corrected chi connectivity index (χ1v) is 9.85. The highest BCUT2D eigenvalue weighted by Gasteiger charge is 2.21. The van der Waals surface area contributed by atoms with Crippen LogP contribution in [-0.2, 0) is 4.74 Å². The first-order valence-electron chi connectivity index (χ1n) is 9.85. The van der Waals surface area contributed by atoms with Gasteiger partial charge < -0.3 is 15.0 Å². The first kappa shape index (κ1) is 18.0. The molecule has 1 unspecified atom stereocenters. The molecular formula is C24H28N2O. The van der Waals surface area contributed by atoms with E-state index in [1.165, 1.54) is 27.6 Å². The molecule has 4 rings (SSSR count). The Morgan fingerprint density at radius 1 is 1.04 bits per heavy atom. The molecule has 2 atom stereocenters. The molecule has 1 saturated heterocycles. The average molecular weight is 361 g/mol. The molecule has 1 fully saturated rings. The van der Waals surface area contributed by atoms with Gasteiger partial charge in [0.15, 0.2) is 0 Å². The maximum absolute atomic E-state index is 6.02. The fourth-order valence-electron chi connectivity index (χ4n) is 3.88. The molecule has 140 valence electrons. The van der Waals surface area contributed by atoms with E-state index >= 15 is 0 Å². The summed E-state index contributed by atoms with van der Waals surface area (Å²) in [5, 5.41) is 6.31. The number of hydrogen-bond acceptors (Lipinski definition) is 3.